The molecule has 0 aliphatic rings. The molecule has 0 atom stereocenters. The monoisotopic (exact) mass is 367 g/mol. The molecular weight excluding hydrogens is 354 g/mol. The number of hydrogen-bond acceptors (Lipinski definition) is 2. The summed E-state index contributed by atoms with van der Waals surface area (Å²) in [6.07, 6.45) is 0.935. The van der Waals surface area contributed by atoms with E-state index in [1.165, 1.54) is 0 Å². The third-order valence-corrected chi connectivity index (χ3v) is 4.06. The highest BCUT2D eigenvalue weighted by Crippen LogP contribution is 2.27. The largest absolute Gasteiger partial charge is 0.494 e. The first-order chi connectivity index (χ1) is 10.1. The molecule has 2 aromatic rings. The van der Waals surface area contributed by atoms with Crippen molar-refractivity contribution in [2.24, 2.45) is 0 Å². The van der Waals surface area contributed by atoms with E-state index >= 15 is 0 Å². The first-order valence-electron chi connectivity index (χ1n) is 6.60. The average Bonchev–Trinajstić information content (AvgIpc) is 2.48. The van der Waals surface area contributed by atoms with Gasteiger partial charge in [0.25, 0.3) is 5.91 Å². The molecule has 0 aliphatic carbocycles. The smallest absolute Gasteiger partial charge is 0.257 e. The standard InChI is InChI=1S/C16H15BrClNO2/c1-2-9-21-12-6-3-5-11(10-12)19-16(20)13-7-4-8-14(17)15(13)18/h3-8,10H,2,9H2,1H3,(H,19,20). The molecule has 0 spiro atoms. The topological polar surface area (TPSA) is 38.3 Å². The normalized spacial score (nSPS) is 10.2. The number of benzene rings is 2. The van der Waals surface area contributed by atoms with Gasteiger partial charge in [-0.1, -0.05) is 30.7 Å². The first kappa shape index (κ1) is 15.9. The van der Waals surface area contributed by atoms with Crippen molar-refractivity contribution in [1.29, 1.82) is 0 Å². The van der Waals surface area contributed by atoms with Crippen LogP contribution in [0, 0.1) is 0 Å². The minimum absolute atomic E-state index is 0.256. The molecule has 5 heteroatoms. The highest BCUT2D eigenvalue weighted by molar-refractivity contribution is 9.10. The lowest BCUT2D eigenvalue weighted by atomic mass is 10.2. The van der Waals surface area contributed by atoms with E-state index in [9.17, 15) is 4.79 Å². The van der Waals surface area contributed by atoms with Crippen LogP contribution in [-0.4, -0.2) is 12.5 Å². The maximum absolute atomic E-state index is 12.3. The van der Waals surface area contributed by atoms with Crippen LogP contribution in [0.4, 0.5) is 5.69 Å². The summed E-state index contributed by atoms with van der Waals surface area (Å²) in [5.41, 5.74) is 1.09. The molecule has 1 N–H and O–H groups in total. The summed E-state index contributed by atoms with van der Waals surface area (Å²) in [5.74, 6) is 0.476. The molecule has 0 saturated heterocycles. The van der Waals surface area contributed by atoms with Gasteiger partial charge in [-0.15, -0.1) is 0 Å². The van der Waals surface area contributed by atoms with Crippen molar-refractivity contribution in [2.75, 3.05) is 11.9 Å². The molecule has 2 rings (SSSR count). The van der Waals surface area contributed by atoms with Gasteiger partial charge in [0, 0.05) is 16.2 Å². The summed E-state index contributed by atoms with van der Waals surface area (Å²) in [5, 5.41) is 3.22. The number of hydrogen-bond donors (Lipinski definition) is 1. The number of amides is 1. The van der Waals surface area contributed by atoms with Gasteiger partial charge in [-0.2, -0.15) is 0 Å². The van der Waals surface area contributed by atoms with E-state index < -0.39 is 0 Å². The SMILES string of the molecule is CCCOc1cccc(NC(=O)c2cccc(Br)c2Cl)c1. The molecule has 0 heterocycles. The van der Waals surface area contributed by atoms with Crippen LogP contribution in [0.1, 0.15) is 23.7 Å². The molecule has 2 aromatic carbocycles. The van der Waals surface area contributed by atoms with Crippen LogP contribution in [0.25, 0.3) is 0 Å². The third kappa shape index (κ3) is 4.22. The number of anilines is 1. The zero-order valence-corrected chi connectivity index (χ0v) is 13.9. The van der Waals surface area contributed by atoms with E-state index in [1.807, 2.05) is 25.1 Å². The van der Waals surface area contributed by atoms with Crippen molar-refractivity contribution < 1.29 is 9.53 Å². The molecule has 0 saturated carbocycles. The summed E-state index contributed by atoms with van der Waals surface area (Å²) in [6, 6.07) is 12.5. The van der Waals surface area contributed by atoms with Crippen LogP contribution in [0.15, 0.2) is 46.9 Å². The van der Waals surface area contributed by atoms with Gasteiger partial charge in [0.2, 0.25) is 0 Å². The van der Waals surface area contributed by atoms with Crippen molar-refractivity contribution in [3.63, 3.8) is 0 Å². The van der Waals surface area contributed by atoms with Gasteiger partial charge in [0.1, 0.15) is 5.75 Å². The van der Waals surface area contributed by atoms with Crippen molar-refractivity contribution in [3.8, 4) is 5.75 Å². The Morgan fingerprint density at radius 3 is 2.81 bits per heavy atom. The molecule has 1 amide bonds. The maximum Gasteiger partial charge on any atom is 0.257 e. The van der Waals surface area contributed by atoms with Crippen molar-refractivity contribution in [3.05, 3.63) is 57.5 Å². The fraction of sp³-hybridized carbons (Fsp3) is 0.188. The quantitative estimate of drug-likeness (QED) is 0.793. The molecule has 21 heavy (non-hydrogen) atoms. The molecule has 0 radical (unpaired) electrons. The third-order valence-electron chi connectivity index (χ3n) is 2.76. The number of nitrogens with one attached hydrogen (secondary N) is 1. The Labute approximate surface area is 137 Å². The Hall–Kier alpha value is -1.52. The van der Waals surface area contributed by atoms with Crippen LogP contribution in [0.2, 0.25) is 5.02 Å². The molecular formula is C16H15BrClNO2. The van der Waals surface area contributed by atoms with Gasteiger partial charge in [0.15, 0.2) is 0 Å². The van der Waals surface area contributed by atoms with Crippen LogP contribution in [0.5, 0.6) is 5.75 Å². The predicted octanol–water partition coefficient (Wildman–Crippen LogP) is 5.14. The van der Waals surface area contributed by atoms with Gasteiger partial charge in [-0.25, -0.2) is 0 Å². The lowest BCUT2D eigenvalue weighted by Gasteiger charge is -2.10. The summed E-state index contributed by atoms with van der Waals surface area (Å²) in [4.78, 5) is 12.3. The van der Waals surface area contributed by atoms with Gasteiger partial charge in [-0.3, -0.25) is 4.79 Å². The highest BCUT2D eigenvalue weighted by Gasteiger charge is 2.12. The van der Waals surface area contributed by atoms with Gasteiger partial charge >= 0.3 is 0 Å². The van der Waals surface area contributed by atoms with Gasteiger partial charge < -0.3 is 10.1 Å². The number of carbonyl (C=O) groups excluding carboxylic acids is 1. The van der Waals surface area contributed by atoms with E-state index in [4.69, 9.17) is 16.3 Å². The Balaban J connectivity index is 2.14. The van der Waals surface area contributed by atoms with E-state index in [2.05, 4.69) is 21.2 Å². The number of carbonyl (C=O) groups is 1. The van der Waals surface area contributed by atoms with Crippen molar-refractivity contribution in [2.45, 2.75) is 13.3 Å². The Kier molecular flexibility index (Phi) is 5.65. The summed E-state index contributed by atoms with van der Waals surface area (Å²) < 4.78 is 6.23. The van der Waals surface area contributed by atoms with Crippen LogP contribution >= 0.6 is 27.5 Å². The number of halogens is 2. The summed E-state index contributed by atoms with van der Waals surface area (Å²) in [6.45, 7) is 2.69. The summed E-state index contributed by atoms with van der Waals surface area (Å²) >= 11 is 9.43. The average molecular weight is 369 g/mol. The molecule has 0 unspecified atom stereocenters. The molecule has 0 bridgehead atoms. The van der Waals surface area contributed by atoms with Crippen LogP contribution < -0.4 is 10.1 Å². The fourth-order valence-electron chi connectivity index (χ4n) is 1.76. The molecule has 0 aliphatic heterocycles. The van der Waals surface area contributed by atoms with Crippen molar-refractivity contribution >= 4 is 39.1 Å². The second kappa shape index (κ2) is 7.48. The molecule has 3 nitrogen and oxygen atoms in total. The molecule has 0 aromatic heterocycles. The van der Waals surface area contributed by atoms with Crippen LogP contribution in [-0.2, 0) is 0 Å². The predicted molar refractivity (Wildman–Crippen MR) is 89.3 cm³/mol. The van der Waals surface area contributed by atoms with Gasteiger partial charge in [-0.05, 0) is 46.6 Å². The second-order valence-corrected chi connectivity index (χ2v) is 5.66. The Morgan fingerprint density at radius 1 is 1.29 bits per heavy atom. The van der Waals surface area contributed by atoms with E-state index in [0.717, 1.165) is 12.2 Å². The zero-order valence-electron chi connectivity index (χ0n) is 11.5. The van der Waals surface area contributed by atoms with Crippen molar-refractivity contribution in [1.82, 2.24) is 0 Å². The molecule has 110 valence electrons. The lowest BCUT2D eigenvalue weighted by molar-refractivity contribution is 0.102. The maximum atomic E-state index is 12.3. The fourth-order valence-corrected chi connectivity index (χ4v) is 2.34. The first-order valence-corrected chi connectivity index (χ1v) is 7.77. The van der Waals surface area contributed by atoms with E-state index in [-0.39, 0.29) is 5.91 Å². The van der Waals surface area contributed by atoms with E-state index in [1.54, 1.807) is 24.3 Å². The van der Waals surface area contributed by atoms with Gasteiger partial charge in [0.05, 0.1) is 17.2 Å². The Morgan fingerprint density at radius 2 is 2.05 bits per heavy atom. The minimum atomic E-state index is -0.256. The zero-order chi connectivity index (χ0) is 15.2. The highest BCUT2D eigenvalue weighted by atomic mass is 79.9. The molecule has 0 fully saturated rings. The number of rotatable bonds is 5. The Bertz CT molecular complexity index is 646. The second-order valence-electron chi connectivity index (χ2n) is 4.43. The van der Waals surface area contributed by atoms with Crippen LogP contribution in [0.3, 0.4) is 0 Å². The number of ether oxygens (including phenoxy) is 1. The minimum Gasteiger partial charge on any atom is -0.494 e. The van der Waals surface area contributed by atoms with E-state index in [0.29, 0.717) is 27.4 Å². The lowest BCUT2D eigenvalue weighted by Crippen LogP contribution is -2.12. The summed E-state index contributed by atoms with van der Waals surface area (Å²) in [7, 11) is 0.